The van der Waals surface area contributed by atoms with Gasteiger partial charge in [0.1, 0.15) is 0 Å². The Bertz CT molecular complexity index is 602. The van der Waals surface area contributed by atoms with Crippen LogP contribution in [-0.2, 0) is 28.6 Å². The van der Waals surface area contributed by atoms with Gasteiger partial charge in [-0.15, -0.1) is 0 Å². The van der Waals surface area contributed by atoms with Crippen LogP contribution in [0.5, 0.6) is 0 Å². The maximum atomic E-state index is 13.0. The monoisotopic (exact) mass is 480 g/mol. The maximum absolute atomic E-state index is 13.0. The molecule has 1 aliphatic rings. The summed E-state index contributed by atoms with van der Waals surface area (Å²) in [5, 5.41) is 0. The molecule has 0 heterocycles. The van der Waals surface area contributed by atoms with Gasteiger partial charge in [0.2, 0.25) is 5.60 Å². The fourth-order valence-corrected chi connectivity index (χ4v) is 4.52. The van der Waals surface area contributed by atoms with Gasteiger partial charge in [-0.2, -0.15) is 0 Å². The summed E-state index contributed by atoms with van der Waals surface area (Å²) >= 11 is 0. The molecule has 34 heavy (non-hydrogen) atoms. The Kier molecular flexibility index (Phi) is 16.4. The lowest BCUT2D eigenvalue weighted by Crippen LogP contribution is -2.49. The van der Waals surface area contributed by atoms with Crippen LogP contribution in [0.3, 0.4) is 0 Å². The topological polar surface area (TPSA) is 78.9 Å². The summed E-state index contributed by atoms with van der Waals surface area (Å²) in [6.45, 7) is 8.50. The van der Waals surface area contributed by atoms with E-state index in [2.05, 4.69) is 20.4 Å². The summed E-state index contributed by atoms with van der Waals surface area (Å²) in [7, 11) is 0. The highest BCUT2D eigenvalue weighted by atomic mass is 16.6. The van der Waals surface area contributed by atoms with Crippen molar-refractivity contribution < 1.29 is 28.6 Å². The molecule has 0 aromatic carbocycles. The lowest BCUT2D eigenvalue weighted by Gasteiger charge is -2.37. The van der Waals surface area contributed by atoms with Gasteiger partial charge in [-0.1, -0.05) is 91.1 Å². The van der Waals surface area contributed by atoms with Gasteiger partial charge in [0.05, 0.1) is 19.1 Å². The van der Waals surface area contributed by atoms with Crippen molar-refractivity contribution in [3.63, 3.8) is 0 Å². The molecule has 0 amide bonds. The van der Waals surface area contributed by atoms with Crippen LogP contribution in [0.4, 0.5) is 0 Å². The first-order valence-electron chi connectivity index (χ1n) is 13.7. The highest BCUT2D eigenvalue weighted by molar-refractivity contribution is 5.88. The number of hydrogen-bond donors (Lipinski definition) is 0. The highest BCUT2D eigenvalue weighted by Gasteiger charge is 2.49. The molecule has 0 bridgehead atoms. The molecule has 1 rings (SSSR count). The van der Waals surface area contributed by atoms with Crippen molar-refractivity contribution in [2.75, 3.05) is 13.2 Å². The molecule has 1 aliphatic carbocycles. The molecule has 0 saturated heterocycles. The molecule has 1 saturated carbocycles. The molecule has 6 nitrogen and oxygen atoms in total. The second kappa shape index (κ2) is 18.5. The molecule has 196 valence electrons. The van der Waals surface area contributed by atoms with Gasteiger partial charge >= 0.3 is 17.9 Å². The van der Waals surface area contributed by atoms with E-state index < -0.39 is 23.5 Å². The Hall–Kier alpha value is -1.85. The normalized spacial score (nSPS) is 19.9. The number of esters is 3. The largest absolute Gasteiger partial charge is 0.465 e. The fourth-order valence-electron chi connectivity index (χ4n) is 4.52. The van der Waals surface area contributed by atoms with Gasteiger partial charge in [0.25, 0.3) is 0 Å². The van der Waals surface area contributed by atoms with E-state index in [0.717, 1.165) is 57.4 Å². The van der Waals surface area contributed by atoms with Crippen molar-refractivity contribution in [1.29, 1.82) is 0 Å². The van der Waals surface area contributed by atoms with E-state index in [-0.39, 0.29) is 12.4 Å². The maximum Gasteiger partial charge on any atom is 0.350 e. The first-order chi connectivity index (χ1) is 16.5. The molecular formula is C28H48O6. The first kappa shape index (κ1) is 30.2. The number of rotatable bonds is 19. The molecule has 0 spiro atoms. The standard InChI is InChI=1S/C28H48O6/c1-4-7-9-11-12-13-15-16-21-32-26(30)24-19-18-20-28(23-24,34-25(29)6-3)27(31)33-22-17-14-10-8-5-2/h6,24H,3-5,7-23H2,1-2H3. The summed E-state index contributed by atoms with van der Waals surface area (Å²) in [4.78, 5) is 37.7. The van der Waals surface area contributed by atoms with Gasteiger partial charge in [0.15, 0.2) is 0 Å². The number of carbonyl (C=O) groups is 3. The Morgan fingerprint density at radius 3 is 1.91 bits per heavy atom. The molecule has 0 aliphatic heterocycles. The van der Waals surface area contributed by atoms with E-state index >= 15 is 0 Å². The predicted molar refractivity (Wildman–Crippen MR) is 134 cm³/mol. The number of carbonyl (C=O) groups excluding carboxylic acids is 3. The zero-order valence-electron chi connectivity index (χ0n) is 21.7. The number of unbranched alkanes of at least 4 members (excludes halogenated alkanes) is 11. The number of ether oxygens (including phenoxy) is 3. The third kappa shape index (κ3) is 12.0. The van der Waals surface area contributed by atoms with E-state index in [1.54, 1.807) is 0 Å². The molecule has 2 atom stereocenters. The molecule has 2 unspecified atom stereocenters. The summed E-state index contributed by atoms with van der Waals surface area (Å²) in [5.41, 5.74) is -1.44. The Morgan fingerprint density at radius 2 is 1.35 bits per heavy atom. The average molecular weight is 481 g/mol. The molecule has 0 aromatic heterocycles. The van der Waals surface area contributed by atoms with E-state index in [0.29, 0.717) is 32.5 Å². The quantitative estimate of drug-likeness (QED) is 0.0871. The molecule has 6 heteroatoms. The van der Waals surface area contributed by atoms with Gasteiger partial charge in [-0.05, 0) is 32.1 Å². The third-order valence-electron chi connectivity index (χ3n) is 6.60. The Balaban J connectivity index is 2.50. The van der Waals surface area contributed by atoms with Crippen molar-refractivity contribution in [3.05, 3.63) is 12.7 Å². The van der Waals surface area contributed by atoms with E-state index in [1.807, 2.05) is 0 Å². The lowest BCUT2D eigenvalue weighted by atomic mass is 9.77. The van der Waals surface area contributed by atoms with Gasteiger partial charge in [0, 0.05) is 12.5 Å². The first-order valence-corrected chi connectivity index (χ1v) is 13.7. The zero-order valence-corrected chi connectivity index (χ0v) is 21.7. The Labute approximate surface area is 207 Å². The summed E-state index contributed by atoms with van der Waals surface area (Å²) in [6, 6.07) is 0. The summed E-state index contributed by atoms with van der Waals surface area (Å²) in [6.07, 6.45) is 17.3. The van der Waals surface area contributed by atoms with Crippen molar-refractivity contribution in [1.82, 2.24) is 0 Å². The van der Waals surface area contributed by atoms with Crippen LogP contribution in [0.2, 0.25) is 0 Å². The minimum Gasteiger partial charge on any atom is -0.465 e. The van der Waals surface area contributed by atoms with Crippen LogP contribution >= 0.6 is 0 Å². The minimum atomic E-state index is -1.44. The zero-order chi connectivity index (χ0) is 25.1. The van der Waals surface area contributed by atoms with Crippen LogP contribution in [-0.4, -0.2) is 36.7 Å². The van der Waals surface area contributed by atoms with Crippen LogP contribution in [0, 0.1) is 5.92 Å². The van der Waals surface area contributed by atoms with Crippen molar-refractivity contribution >= 4 is 17.9 Å². The van der Waals surface area contributed by atoms with Gasteiger partial charge < -0.3 is 14.2 Å². The smallest absolute Gasteiger partial charge is 0.350 e. The third-order valence-corrected chi connectivity index (χ3v) is 6.60. The average Bonchev–Trinajstić information content (AvgIpc) is 2.84. The summed E-state index contributed by atoms with van der Waals surface area (Å²) < 4.78 is 16.5. The minimum absolute atomic E-state index is 0.109. The van der Waals surface area contributed by atoms with Gasteiger partial charge in [-0.3, -0.25) is 4.79 Å². The van der Waals surface area contributed by atoms with Crippen LogP contribution in [0.25, 0.3) is 0 Å². The van der Waals surface area contributed by atoms with E-state index in [9.17, 15) is 14.4 Å². The highest BCUT2D eigenvalue weighted by Crippen LogP contribution is 2.37. The lowest BCUT2D eigenvalue weighted by molar-refractivity contribution is -0.188. The predicted octanol–water partition coefficient (Wildman–Crippen LogP) is 6.84. The number of hydrogen-bond acceptors (Lipinski definition) is 6. The molecular weight excluding hydrogens is 432 g/mol. The molecule has 1 fully saturated rings. The second-order valence-electron chi connectivity index (χ2n) is 9.61. The second-order valence-corrected chi connectivity index (χ2v) is 9.61. The van der Waals surface area contributed by atoms with Gasteiger partial charge in [-0.25, -0.2) is 9.59 Å². The van der Waals surface area contributed by atoms with Crippen molar-refractivity contribution in [3.8, 4) is 0 Å². The van der Waals surface area contributed by atoms with Crippen LogP contribution in [0.15, 0.2) is 12.7 Å². The van der Waals surface area contributed by atoms with Crippen molar-refractivity contribution in [2.45, 2.75) is 129 Å². The van der Waals surface area contributed by atoms with E-state index in [4.69, 9.17) is 14.2 Å². The fraction of sp³-hybridized carbons (Fsp3) is 0.821. The SMILES string of the molecule is C=CC(=O)OC1(C(=O)OCCCCCCC)CCCC(C(=O)OCCCCCCCCCC)C1. The molecule has 0 aromatic rings. The van der Waals surface area contributed by atoms with E-state index in [1.165, 1.54) is 32.1 Å². The summed E-state index contributed by atoms with van der Waals surface area (Å²) in [5.74, 6) is -2.02. The molecule has 0 N–H and O–H groups in total. The van der Waals surface area contributed by atoms with Crippen molar-refractivity contribution in [2.24, 2.45) is 5.92 Å². The van der Waals surface area contributed by atoms with Crippen LogP contribution < -0.4 is 0 Å². The molecule has 0 radical (unpaired) electrons. The Morgan fingerprint density at radius 1 is 0.824 bits per heavy atom. The van der Waals surface area contributed by atoms with Crippen LogP contribution in [0.1, 0.15) is 123 Å².